The molecule has 0 aliphatic heterocycles. The molecular weight excluding hydrogens is 357 g/mol. The molecule has 3 rings (SSSR count). The molecule has 0 radical (unpaired) electrons. The number of halogens is 2. The van der Waals surface area contributed by atoms with Gasteiger partial charge < -0.3 is 5.32 Å². The van der Waals surface area contributed by atoms with Gasteiger partial charge in [-0.05, 0) is 30.2 Å². The average molecular weight is 372 g/mol. The van der Waals surface area contributed by atoms with Gasteiger partial charge in [-0.25, -0.2) is 9.97 Å². The van der Waals surface area contributed by atoms with Crippen LogP contribution in [0.15, 0.2) is 60.9 Å². The van der Waals surface area contributed by atoms with Crippen LogP contribution in [0.2, 0.25) is 10.0 Å². The lowest BCUT2D eigenvalue weighted by atomic mass is 10.2. The molecule has 1 aromatic heterocycles. The molecule has 1 amide bonds. The molecule has 0 aliphatic rings. The van der Waals surface area contributed by atoms with Crippen LogP contribution in [0.4, 0.5) is 0 Å². The predicted octanol–water partition coefficient (Wildman–Crippen LogP) is 4.42. The van der Waals surface area contributed by atoms with Crippen molar-refractivity contribution in [2.24, 2.45) is 0 Å². The zero-order chi connectivity index (χ0) is 17.6. The quantitative estimate of drug-likeness (QED) is 0.721. The third kappa shape index (κ3) is 4.56. The summed E-state index contributed by atoms with van der Waals surface area (Å²) in [7, 11) is 0. The molecule has 0 aliphatic carbocycles. The molecule has 0 atom stereocenters. The molecule has 0 fully saturated rings. The lowest BCUT2D eigenvalue weighted by Crippen LogP contribution is -2.26. The van der Waals surface area contributed by atoms with Crippen molar-refractivity contribution in [1.29, 1.82) is 0 Å². The monoisotopic (exact) mass is 371 g/mol. The number of nitrogens with one attached hydrogen (secondary N) is 1. The van der Waals surface area contributed by atoms with Gasteiger partial charge in [-0.3, -0.25) is 4.79 Å². The highest BCUT2D eigenvalue weighted by Crippen LogP contribution is 2.20. The molecule has 1 heterocycles. The van der Waals surface area contributed by atoms with E-state index in [1.54, 1.807) is 30.6 Å². The first-order valence-electron chi connectivity index (χ1n) is 7.73. The minimum atomic E-state index is -0.255. The second-order valence-electron chi connectivity index (χ2n) is 5.41. The highest BCUT2D eigenvalue weighted by Gasteiger charge is 2.10. The summed E-state index contributed by atoms with van der Waals surface area (Å²) >= 11 is 11.9. The van der Waals surface area contributed by atoms with Crippen LogP contribution in [0.25, 0.3) is 11.4 Å². The molecular formula is C19H15Cl2N3O. The van der Waals surface area contributed by atoms with Gasteiger partial charge in [-0.15, -0.1) is 0 Å². The van der Waals surface area contributed by atoms with Crippen molar-refractivity contribution < 1.29 is 4.79 Å². The molecule has 3 aromatic rings. The summed E-state index contributed by atoms with van der Waals surface area (Å²) < 4.78 is 0. The van der Waals surface area contributed by atoms with Crippen molar-refractivity contribution in [2.75, 3.05) is 6.54 Å². The molecule has 126 valence electrons. The summed E-state index contributed by atoms with van der Waals surface area (Å²) in [5.41, 5.74) is 2.28. The smallest absolute Gasteiger partial charge is 0.252 e. The maximum atomic E-state index is 12.2. The van der Waals surface area contributed by atoms with Crippen LogP contribution in [0.3, 0.4) is 0 Å². The van der Waals surface area contributed by atoms with Crippen LogP contribution >= 0.6 is 23.2 Å². The van der Waals surface area contributed by atoms with Crippen molar-refractivity contribution in [3.05, 3.63) is 82.1 Å². The van der Waals surface area contributed by atoms with Crippen molar-refractivity contribution in [1.82, 2.24) is 15.3 Å². The summed E-state index contributed by atoms with van der Waals surface area (Å²) in [6.45, 7) is 0.454. The zero-order valence-corrected chi connectivity index (χ0v) is 14.8. The third-order valence-corrected chi connectivity index (χ3v) is 4.17. The Balaban J connectivity index is 1.57. The number of aromatic nitrogens is 2. The summed E-state index contributed by atoms with van der Waals surface area (Å²) in [6.07, 6.45) is 4.17. The van der Waals surface area contributed by atoms with E-state index in [0.717, 1.165) is 11.1 Å². The van der Waals surface area contributed by atoms with Crippen molar-refractivity contribution in [2.45, 2.75) is 6.42 Å². The molecule has 0 bridgehead atoms. The van der Waals surface area contributed by atoms with Crippen molar-refractivity contribution in [3.8, 4) is 11.4 Å². The van der Waals surface area contributed by atoms with E-state index in [1.165, 1.54) is 0 Å². The highest BCUT2D eigenvalue weighted by molar-refractivity contribution is 6.35. The summed E-state index contributed by atoms with van der Waals surface area (Å²) in [5.74, 6) is 0.424. The maximum absolute atomic E-state index is 12.2. The number of nitrogens with zero attached hydrogens (tertiary/aromatic N) is 2. The number of rotatable bonds is 5. The highest BCUT2D eigenvalue weighted by atomic mass is 35.5. The van der Waals surface area contributed by atoms with Crippen LogP contribution in [-0.2, 0) is 6.42 Å². The molecule has 0 spiro atoms. The molecule has 25 heavy (non-hydrogen) atoms. The standard InChI is InChI=1S/C19H15Cl2N3O/c20-15-6-7-17(21)16(10-15)19(25)22-9-8-13-11-23-18(24-12-13)14-4-2-1-3-5-14/h1-7,10-12H,8-9H2,(H,22,25). The fourth-order valence-corrected chi connectivity index (χ4v) is 2.68. The third-order valence-electron chi connectivity index (χ3n) is 3.61. The van der Waals surface area contributed by atoms with Gasteiger partial charge in [0.2, 0.25) is 0 Å². The Morgan fingerprint density at radius 3 is 2.44 bits per heavy atom. The Bertz CT molecular complexity index is 868. The topological polar surface area (TPSA) is 54.9 Å². The van der Waals surface area contributed by atoms with E-state index in [4.69, 9.17) is 23.2 Å². The second-order valence-corrected chi connectivity index (χ2v) is 6.25. The largest absolute Gasteiger partial charge is 0.352 e. The van der Waals surface area contributed by atoms with Crippen molar-refractivity contribution >= 4 is 29.1 Å². The first-order valence-corrected chi connectivity index (χ1v) is 8.48. The van der Waals surface area contributed by atoms with Crippen LogP contribution < -0.4 is 5.32 Å². The molecule has 0 saturated heterocycles. The Kier molecular flexibility index (Phi) is 5.64. The van der Waals surface area contributed by atoms with E-state index in [2.05, 4.69) is 15.3 Å². The summed E-state index contributed by atoms with van der Waals surface area (Å²) in [4.78, 5) is 20.9. The maximum Gasteiger partial charge on any atom is 0.252 e. The van der Waals surface area contributed by atoms with Gasteiger partial charge in [0.1, 0.15) is 0 Å². The number of hydrogen-bond donors (Lipinski definition) is 1. The minimum Gasteiger partial charge on any atom is -0.352 e. The minimum absolute atomic E-state index is 0.255. The van der Waals surface area contributed by atoms with E-state index < -0.39 is 0 Å². The van der Waals surface area contributed by atoms with Crippen molar-refractivity contribution in [3.63, 3.8) is 0 Å². The van der Waals surface area contributed by atoms with Gasteiger partial charge in [0, 0.05) is 29.5 Å². The van der Waals surface area contributed by atoms with Gasteiger partial charge in [0.15, 0.2) is 5.82 Å². The first kappa shape index (κ1) is 17.4. The number of amides is 1. The van der Waals surface area contributed by atoms with E-state index in [9.17, 15) is 4.79 Å². The number of hydrogen-bond acceptors (Lipinski definition) is 3. The molecule has 1 N–H and O–H groups in total. The Labute approximate surface area is 155 Å². The van der Waals surface area contributed by atoms with E-state index in [-0.39, 0.29) is 5.91 Å². The lowest BCUT2D eigenvalue weighted by molar-refractivity contribution is 0.0954. The average Bonchev–Trinajstić information content (AvgIpc) is 2.65. The van der Waals surface area contributed by atoms with Gasteiger partial charge in [-0.1, -0.05) is 53.5 Å². The van der Waals surface area contributed by atoms with Crippen LogP contribution in [0, 0.1) is 0 Å². The second kappa shape index (κ2) is 8.10. The SMILES string of the molecule is O=C(NCCc1cnc(-c2ccccc2)nc1)c1cc(Cl)ccc1Cl. The Morgan fingerprint density at radius 2 is 1.72 bits per heavy atom. The summed E-state index contributed by atoms with van der Waals surface area (Å²) in [5, 5.41) is 3.67. The molecule has 2 aromatic carbocycles. The fraction of sp³-hybridized carbons (Fsp3) is 0.105. The van der Waals surface area contributed by atoms with E-state index in [1.807, 2.05) is 30.3 Å². The van der Waals surface area contributed by atoms with E-state index in [0.29, 0.717) is 34.4 Å². The first-order chi connectivity index (χ1) is 12.1. The number of benzene rings is 2. The van der Waals surface area contributed by atoms with E-state index >= 15 is 0 Å². The van der Waals surface area contributed by atoms with Gasteiger partial charge in [0.25, 0.3) is 5.91 Å². The molecule has 4 nitrogen and oxygen atoms in total. The predicted molar refractivity (Wildman–Crippen MR) is 100.0 cm³/mol. The Hall–Kier alpha value is -2.43. The number of carbonyl (C=O) groups is 1. The van der Waals surface area contributed by atoms with Gasteiger partial charge in [0.05, 0.1) is 10.6 Å². The zero-order valence-electron chi connectivity index (χ0n) is 13.2. The summed E-state index contributed by atoms with van der Waals surface area (Å²) in [6, 6.07) is 14.6. The Morgan fingerprint density at radius 1 is 1.00 bits per heavy atom. The lowest BCUT2D eigenvalue weighted by Gasteiger charge is -2.07. The van der Waals surface area contributed by atoms with Gasteiger partial charge >= 0.3 is 0 Å². The fourth-order valence-electron chi connectivity index (χ4n) is 2.31. The van der Waals surface area contributed by atoms with Crippen LogP contribution in [0.1, 0.15) is 15.9 Å². The molecule has 6 heteroatoms. The van der Waals surface area contributed by atoms with Crippen LogP contribution in [-0.4, -0.2) is 22.4 Å². The normalized spacial score (nSPS) is 10.5. The molecule has 0 saturated carbocycles. The number of carbonyl (C=O) groups excluding carboxylic acids is 1. The van der Waals surface area contributed by atoms with Crippen LogP contribution in [0.5, 0.6) is 0 Å². The molecule has 0 unspecified atom stereocenters. The van der Waals surface area contributed by atoms with Gasteiger partial charge in [-0.2, -0.15) is 0 Å².